The first-order valence-electron chi connectivity index (χ1n) is 3.33. The zero-order chi connectivity index (χ0) is 8.43. The number of rotatable bonds is 4. The van der Waals surface area contributed by atoms with Gasteiger partial charge in [0.25, 0.3) is 0 Å². The molecule has 0 saturated heterocycles. The Bertz CT molecular complexity index is 173. The van der Waals surface area contributed by atoms with Crippen LogP contribution in [0.15, 0.2) is 0 Å². The van der Waals surface area contributed by atoms with E-state index in [1.165, 1.54) is 0 Å². The summed E-state index contributed by atoms with van der Waals surface area (Å²) in [5.74, 6) is -2.66. The highest BCUT2D eigenvalue weighted by Crippen LogP contribution is 2.19. The van der Waals surface area contributed by atoms with Crippen LogP contribution in [0.2, 0.25) is 0 Å². The highest BCUT2D eigenvalue weighted by atomic mass is 16.4. The van der Waals surface area contributed by atoms with Crippen LogP contribution in [0.3, 0.4) is 0 Å². The first-order chi connectivity index (χ1) is 5.11. The van der Waals surface area contributed by atoms with Crippen LogP contribution in [0.25, 0.3) is 0 Å². The molecule has 0 atom stereocenters. The Kier molecular flexibility index (Phi) is 2.09. The Morgan fingerprint density at radius 2 is 1.73 bits per heavy atom. The molecule has 1 aliphatic rings. The monoisotopic (exact) mass is 159 g/mol. The largest absolute Gasteiger partial charge is 0.480 e. The second kappa shape index (κ2) is 2.87. The molecule has 0 bridgehead atoms. The maximum absolute atomic E-state index is 10.3. The molecule has 0 aromatic carbocycles. The highest BCUT2D eigenvalue weighted by molar-refractivity contribution is 5.97. The fraction of sp³-hybridized carbons (Fsp3) is 0.667. The summed E-state index contributed by atoms with van der Waals surface area (Å²) in [7, 11) is 0. The fourth-order valence-corrected chi connectivity index (χ4v) is 0.734. The third-order valence-electron chi connectivity index (χ3n) is 1.47. The molecule has 1 saturated carbocycles. The van der Waals surface area contributed by atoms with Crippen molar-refractivity contribution in [2.24, 2.45) is 0 Å². The van der Waals surface area contributed by atoms with Crippen molar-refractivity contribution in [2.45, 2.75) is 24.9 Å². The molecule has 0 radical (unpaired) electrons. The van der Waals surface area contributed by atoms with E-state index in [-0.39, 0.29) is 6.04 Å². The summed E-state index contributed by atoms with van der Waals surface area (Å²) >= 11 is 0. The van der Waals surface area contributed by atoms with Gasteiger partial charge in [-0.15, -0.1) is 0 Å². The van der Waals surface area contributed by atoms with E-state index in [1.807, 2.05) is 0 Å². The minimum Gasteiger partial charge on any atom is -0.480 e. The van der Waals surface area contributed by atoms with E-state index in [0.717, 1.165) is 12.8 Å². The molecule has 5 nitrogen and oxygen atoms in total. The number of nitrogens with one attached hydrogen (secondary N) is 1. The van der Waals surface area contributed by atoms with Gasteiger partial charge < -0.3 is 10.2 Å². The first-order valence-corrected chi connectivity index (χ1v) is 3.33. The summed E-state index contributed by atoms with van der Waals surface area (Å²) in [4.78, 5) is 20.5. The van der Waals surface area contributed by atoms with Gasteiger partial charge >= 0.3 is 11.9 Å². The minimum absolute atomic E-state index is 0.0900. The van der Waals surface area contributed by atoms with Crippen molar-refractivity contribution < 1.29 is 19.8 Å². The number of hydrogen-bond acceptors (Lipinski definition) is 3. The topological polar surface area (TPSA) is 86.6 Å². The van der Waals surface area contributed by atoms with Gasteiger partial charge in [-0.25, -0.2) is 9.59 Å². The molecule has 0 aromatic rings. The Balaban J connectivity index is 2.43. The predicted molar refractivity (Wildman–Crippen MR) is 35.2 cm³/mol. The van der Waals surface area contributed by atoms with Gasteiger partial charge in [-0.1, -0.05) is 0 Å². The summed E-state index contributed by atoms with van der Waals surface area (Å²) in [6.07, 6.45) is 1.74. The van der Waals surface area contributed by atoms with Crippen LogP contribution in [0, 0.1) is 0 Å². The molecule has 0 spiro atoms. The lowest BCUT2D eigenvalue weighted by Gasteiger charge is -2.07. The zero-order valence-corrected chi connectivity index (χ0v) is 5.78. The molecule has 11 heavy (non-hydrogen) atoms. The third-order valence-corrected chi connectivity index (χ3v) is 1.47. The molecule has 0 amide bonds. The molecule has 0 aliphatic heterocycles. The lowest BCUT2D eigenvalue weighted by atomic mass is 10.3. The van der Waals surface area contributed by atoms with Gasteiger partial charge in [-0.05, 0) is 12.8 Å². The van der Waals surface area contributed by atoms with Crippen molar-refractivity contribution in [3.63, 3.8) is 0 Å². The van der Waals surface area contributed by atoms with Gasteiger partial charge in [0.1, 0.15) is 0 Å². The minimum atomic E-state index is -1.44. The molecule has 62 valence electrons. The van der Waals surface area contributed by atoms with Crippen LogP contribution in [-0.4, -0.2) is 34.2 Å². The van der Waals surface area contributed by atoms with E-state index in [9.17, 15) is 9.59 Å². The van der Waals surface area contributed by atoms with Gasteiger partial charge in [0, 0.05) is 6.04 Å². The normalized spacial score (nSPS) is 16.8. The Hall–Kier alpha value is -1.10. The van der Waals surface area contributed by atoms with Crippen molar-refractivity contribution >= 4 is 11.9 Å². The lowest BCUT2D eigenvalue weighted by molar-refractivity contribution is -0.151. The lowest BCUT2D eigenvalue weighted by Crippen LogP contribution is -2.44. The van der Waals surface area contributed by atoms with E-state index < -0.39 is 18.0 Å². The van der Waals surface area contributed by atoms with Crippen molar-refractivity contribution in [1.29, 1.82) is 0 Å². The molecular weight excluding hydrogens is 150 g/mol. The maximum atomic E-state index is 10.3. The average molecular weight is 159 g/mol. The van der Waals surface area contributed by atoms with E-state index in [2.05, 4.69) is 5.32 Å². The van der Waals surface area contributed by atoms with Crippen LogP contribution in [-0.2, 0) is 9.59 Å². The van der Waals surface area contributed by atoms with Gasteiger partial charge in [-0.3, -0.25) is 5.32 Å². The van der Waals surface area contributed by atoms with Crippen LogP contribution >= 0.6 is 0 Å². The molecular formula is C6H9NO4. The molecule has 1 fully saturated rings. The Labute approximate surface area is 63.0 Å². The molecule has 0 heterocycles. The Morgan fingerprint density at radius 3 is 2.00 bits per heavy atom. The fourth-order valence-electron chi connectivity index (χ4n) is 0.734. The van der Waals surface area contributed by atoms with Crippen molar-refractivity contribution in [2.75, 3.05) is 0 Å². The van der Waals surface area contributed by atoms with Gasteiger partial charge in [0.05, 0.1) is 0 Å². The molecule has 1 aliphatic carbocycles. The van der Waals surface area contributed by atoms with E-state index >= 15 is 0 Å². The summed E-state index contributed by atoms with van der Waals surface area (Å²) < 4.78 is 0. The molecule has 1 rings (SSSR count). The quantitative estimate of drug-likeness (QED) is 0.471. The Morgan fingerprint density at radius 1 is 1.27 bits per heavy atom. The summed E-state index contributed by atoms with van der Waals surface area (Å²) in [6, 6.07) is -1.35. The number of carbonyl (C=O) groups is 2. The molecule has 0 aromatic heterocycles. The van der Waals surface area contributed by atoms with Gasteiger partial charge in [0.2, 0.25) is 6.04 Å². The van der Waals surface area contributed by atoms with E-state index in [0.29, 0.717) is 0 Å². The van der Waals surface area contributed by atoms with Gasteiger partial charge in [-0.2, -0.15) is 0 Å². The number of carboxylic acids is 2. The maximum Gasteiger partial charge on any atom is 0.332 e. The van der Waals surface area contributed by atoms with E-state index in [1.54, 1.807) is 0 Å². The molecule has 3 N–H and O–H groups in total. The average Bonchev–Trinajstić information content (AvgIpc) is 2.63. The molecule has 5 heteroatoms. The SMILES string of the molecule is O=C(O)C(NC1CC1)C(=O)O. The summed E-state index contributed by atoms with van der Waals surface area (Å²) in [5, 5.41) is 19.2. The van der Waals surface area contributed by atoms with E-state index in [4.69, 9.17) is 10.2 Å². The smallest absolute Gasteiger partial charge is 0.332 e. The van der Waals surface area contributed by atoms with Crippen molar-refractivity contribution in [3.05, 3.63) is 0 Å². The van der Waals surface area contributed by atoms with Crippen LogP contribution < -0.4 is 5.32 Å². The second-order valence-corrected chi connectivity index (χ2v) is 2.55. The van der Waals surface area contributed by atoms with Crippen LogP contribution in [0.1, 0.15) is 12.8 Å². The zero-order valence-electron chi connectivity index (χ0n) is 5.78. The third kappa shape index (κ3) is 2.19. The van der Waals surface area contributed by atoms with Crippen LogP contribution in [0.4, 0.5) is 0 Å². The summed E-state index contributed by atoms with van der Waals surface area (Å²) in [5.41, 5.74) is 0. The van der Waals surface area contributed by atoms with Crippen molar-refractivity contribution in [3.8, 4) is 0 Å². The number of aliphatic carboxylic acids is 2. The second-order valence-electron chi connectivity index (χ2n) is 2.55. The number of hydrogen-bond donors (Lipinski definition) is 3. The summed E-state index contributed by atoms with van der Waals surface area (Å²) in [6.45, 7) is 0. The predicted octanol–water partition coefficient (Wildman–Crippen LogP) is -0.724. The molecule has 0 unspecified atom stereocenters. The van der Waals surface area contributed by atoms with Crippen LogP contribution in [0.5, 0.6) is 0 Å². The van der Waals surface area contributed by atoms with Gasteiger partial charge in [0.15, 0.2) is 0 Å². The number of carboxylic acid groups (broad SMARTS) is 2. The highest BCUT2D eigenvalue weighted by Gasteiger charge is 2.32. The standard InChI is InChI=1S/C6H9NO4/c8-5(9)4(6(10)11)7-3-1-2-3/h3-4,7H,1-2H2,(H,8,9)(H,10,11). The first kappa shape index (κ1) is 8.00. The van der Waals surface area contributed by atoms with Crippen molar-refractivity contribution in [1.82, 2.24) is 5.32 Å².